The average Bonchev–Trinajstić information content (AvgIpc) is 2.41. The molecule has 1 nitrogen and oxygen atoms in total. The summed E-state index contributed by atoms with van der Waals surface area (Å²) in [4.78, 5) is 0. The zero-order valence-electron chi connectivity index (χ0n) is 10.4. The van der Waals surface area contributed by atoms with Crippen LogP contribution in [0, 0.1) is 12.7 Å². The number of benzene rings is 2. The summed E-state index contributed by atoms with van der Waals surface area (Å²) in [7, 11) is 0. The van der Waals surface area contributed by atoms with Crippen molar-refractivity contribution in [2.75, 3.05) is 11.9 Å². The highest BCUT2D eigenvalue weighted by atomic mass is 19.1. The largest absolute Gasteiger partial charge is 0.381 e. The standard InChI is InChI=1S/C16H16FN/c1-12(14-7-4-3-5-8-14)11-18-16-10-6-9-15(17)13(16)2/h3-10,18H,1,11H2,2H3. The van der Waals surface area contributed by atoms with E-state index in [-0.39, 0.29) is 5.82 Å². The molecule has 0 fully saturated rings. The van der Waals surface area contributed by atoms with Gasteiger partial charge < -0.3 is 5.32 Å². The van der Waals surface area contributed by atoms with Gasteiger partial charge in [-0.3, -0.25) is 0 Å². The molecule has 0 bridgehead atoms. The lowest BCUT2D eigenvalue weighted by atomic mass is 10.1. The monoisotopic (exact) mass is 241 g/mol. The molecule has 0 unspecified atom stereocenters. The number of rotatable bonds is 4. The van der Waals surface area contributed by atoms with Gasteiger partial charge in [0.2, 0.25) is 0 Å². The third-order valence-corrected chi connectivity index (χ3v) is 2.94. The van der Waals surface area contributed by atoms with Crippen LogP contribution in [0.1, 0.15) is 11.1 Å². The van der Waals surface area contributed by atoms with Crippen LogP contribution >= 0.6 is 0 Å². The molecule has 0 saturated carbocycles. The summed E-state index contributed by atoms with van der Waals surface area (Å²) in [5, 5.41) is 3.21. The summed E-state index contributed by atoms with van der Waals surface area (Å²) in [6.45, 7) is 6.41. The van der Waals surface area contributed by atoms with Crippen LogP contribution in [0.15, 0.2) is 55.1 Å². The first-order valence-electron chi connectivity index (χ1n) is 5.90. The molecule has 0 atom stereocenters. The molecule has 0 amide bonds. The number of halogens is 1. The van der Waals surface area contributed by atoms with Gasteiger partial charge in [-0.1, -0.05) is 43.0 Å². The van der Waals surface area contributed by atoms with Gasteiger partial charge in [0.1, 0.15) is 5.82 Å². The zero-order chi connectivity index (χ0) is 13.0. The van der Waals surface area contributed by atoms with Gasteiger partial charge in [0.15, 0.2) is 0 Å². The summed E-state index contributed by atoms with van der Waals surface area (Å²) in [5.41, 5.74) is 3.53. The van der Waals surface area contributed by atoms with E-state index in [1.807, 2.05) is 36.4 Å². The molecule has 0 aliphatic rings. The van der Waals surface area contributed by atoms with Crippen LogP contribution in [0.5, 0.6) is 0 Å². The second kappa shape index (κ2) is 5.50. The Hall–Kier alpha value is -2.09. The first-order chi connectivity index (χ1) is 8.68. The molecule has 0 aliphatic heterocycles. The molecular formula is C16H16FN. The van der Waals surface area contributed by atoms with E-state index in [2.05, 4.69) is 11.9 Å². The summed E-state index contributed by atoms with van der Waals surface area (Å²) in [5.74, 6) is -0.190. The van der Waals surface area contributed by atoms with Crippen molar-refractivity contribution in [1.29, 1.82) is 0 Å². The lowest BCUT2D eigenvalue weighted by Crippen LogP contribution is -2.05. The van der Waals surface area contributed by atoms with Gasteiger partial charge in [-0.25, -0.2) is 4.39 Å². The molecule has 2 heteroatoms. The summed E-state index contributed by atoms with van der Waals surface area (Å²) in [6, 6.07) is 15.0. The molecule has 2 aromatic carbocycles. The molecule has 2 aromatic rings. The fraction of sp³-hybridized carbons (Fsp3) is 0.125. The Bertz CT molecular complexity index is 546. The van der Waals surface area contributed by atoms with Crippen molar-refractivity contribution in [3.05, 3.63) is 72.1 Å². The number of hydrogen-bond donors (Lipinski definition) is 1. The molecule has 0 radical (unpaired) electrons. The summed E-state index contributed by atoms with van der Waals surface area (Å²) >= 11 is 0. The van der Waals surface area contributed by atoms with Crippen molar-refractivity contribution in [2.45, 2.75) is 6.92 Å². The molecule has 1 N–H and O–H groups in total. The number of anilines is 1. The van der Waals surface area contributed by atoms with Crippen LogP contribution in [-0.4, -0.2) is 6.54 Å². The van der Waals surface area contributed by atoms with Crippen LogP contribution in [-0.2, 0) is 0 Å². The normalized spacial score (nSPS) is 10.1. The van der Waals surface area contributed by atoms with Crippen LogP contribution < -0.4 is 5.32 Å². The van der Waals surface area contributed by atoms with E-state index in [0.717, 1.165) is 16.8 Å². The highest BCUT2D eigenvalue weighted by Crippen LogP contribution is 2.19. The Kier molecular flexibility index (Phi) is 3.78. The summed E-state index contributed by atoms with van der Waals surface area (Å²) < 4.78 is 13.4. The predicted octanol–water partition coefficient (Wildman–Crippen LogP) is 4.26. The summed E-state index contributed by atoms with van der Waals surface area (Å²) in [6.07, 6.45) is 0. The minimum atomic E-state index is -0.190. The maximum Gasteiger partial charge on any atom is 0.128 e. The van der Waals surface area contributed by atoms with Gasteiger partial charge in [-0.2, -0.15) is 0 Å². The second-order valence-corrected chi connectivity index (χ2v) is 4.24. The van der Waals surface area contributed by atoms with E-state index >= 15 is 0 Å². The van der Waals surface area contributed by atoms with Crippen molar-refractivity contribution >= 4 is 11.3 Å². The Morgan fingerprint density at radius 2 is 1.83 bits per heavy atom. The Morgan fingerprint density at radius 1 is 1.11 bits per heavy atom. The first kappa shape index (κ1) is 12.4. The molecule has 0 aliphatic carbocycles. The smallest absolute Gasteiger partial charge is 0.128 e. The van der Waals surface area contributed by atoms with Crippen molar-refractivity contribution in [1.82, 2.24) is 0 Å². The highest BCUT2D eigenvalue weighted by Gasteiger charge is 2.03. The molecular weight excluding hydrogens is 225 g/mol. The highest BCUT2D eigenvalue weighted by molar-refractivity contribution is 5.68. The SMILES string of the molecule is C=C(CNc1cccc(F)c1C)c1ccccc1. The van der Waals surface area contributed by atoms with E-state index in [1.54, 1.807) is 13.0 Å². The van der Waals surface area contributed by atoms with Crippen LogP contribution in [0.25, 0.3) is 5.57 Å². The third kappa shape index (κ3) is 2.77. The van der Waals surface area contributed by atoms with E-state index in [4.69, 9.17) is 0 Å². The van der Waals surface area contributed by atoms with Crippen molar-refractivity contribution in [3.63, 3.8) is 0 Å². The third-order valence-electron chi connectivity index (χ3n) is 2.94. The van der Waals surface area contributed by atoms with Gasteiger partial charge in [0.25, 0.3) is 0 Å². The van der Waals surface area contributed by atoms with Gasteiger partial charge in [-0.15, -0.1) is 0 Å². The van der Waals surface area contributed by atoms with Crippen LogP contribution in [0.2, 0.25) is 0 Å². The zero-order valence-corrected chi connectivity index (χ0v) is 10.4. The van der Waals surface area contributed by atoms with Crippen molar-refractivity contribution in [3.8, 4) is 0 Å². The quantitative estimate of drug-likeness (QED) is 0.843. The predicted molar refractivity (Wildman–Crippen MR) is 75.1 cm³/mol. The van der Waals surface area contributed by atoms with Crippen molar-refractivity contribution < 1.29 is 4.39 Å². The van der Waals surface area contributed by atoms with E-state index in [9.17, 15) is 4.39 Å². The maximum absolute atomic E-state index is 13.4. The molecule has 2 rings (SSSR count). The Labute approximate surface area is 107 Å². The molecule has 0 saturated heterocycles. The number of hydrogen-bond acceptors (Lipinski definition) is 1. The van der Waals surface area contributed by atoms with E-state index in [1.165, 1.54) is 6.07 Å². The van der Waals surface area contributed by atoms with Gasteiger partial charge >= 0.3 is 0 Å². The minimum absolute atomic E-state index is 0.190. The van der Waals surface area contributed by atoms with Crippen LogP contribution in [0.3, 0.4) is 0 Å². The first-order valence-corrected chi connectivity index (χ1v) is 5.90. The van der Waals surface area contributed by atoms with Crippen molar-refractivity contribution in [2.24, 2.45) is 0 Å². The molecule has 92 valence electrons. The average molecular weight is 241 g/mol. The van der Waals surface area contributed by atoms with Gasteiger partial charge in [0.05, 0.1) is 0 Å². The maximum atomic E-state index is 13.4. The van der Waals surface area contributed by atoms with E-state index < -0.39 is 0 Å². The fourth-order valence-electron chi connectivity index (χ4n) is 1.78. The minimum Gasteiger partial charge on any atom is -0.381 e. The van der Waals surface area contributed by atoms with Gasteiger partial charge in [-0.05, 0) is 30.2 Å². The topological polar surface area (TPSA) is 12.0 Å². The Balaban J connectivity index is 2.04. The number of nitrogens with one attached hydrogen (secondary N) is 1. The molecule has 0 spiro atoms. The Morgan fingerprint density at radius 3 is 2.56 bits per heavy atom. The van der Waals surface area contributed by atoms with Gasteiger partial charge in [0, 0.05) is 17.8 Å². The molecule has 18 heavy (non-hydrogen) atoms. The van der Waals surface area contributed by atoms with E-state index in [0.29, 0.717) is 12.1 Å². The molecule has 0 heterocycles. The second-order valence-electron chi connectivity index (χ2n) is 4.24. The fourth-order valence-corrected chi connectivity index (χ4v) is 1.78. The van der Waals surface area contributed by atoms with Crippen LogP contribution in [0.4, 0.5) is 10.1 Å². The lowest BCUT2D eigenvalue weighted by Gasteiger charge is -2.11. The molecule has 0 aromatic heterocycles. The lowest BCUT2D eigenvalue weighted by molar-refractivity contribution is 0.619.